The van der Waals surface area contributed by atoms with Crippen molar-refractivity contribution in [2.24, 2.45) is 5.73 Å². The summed E-state index contributed by atoms with van der Waals surface area (Å²) in [6, 6.07) is 5.22. The van der Waals surface area contributed by atoms with E-state index in [1.165, 1.54) is 6.92 Å². The van der Waals surface area contributed by atoms with Crippen molar-refractivity contribution in [1.82, 2.24) is 15.6 Å². The smallest absolute Gasteiger partial charge is 0.322 e. The van der Waals surface area contributed by atoms with E-state index in [1.807, 2.05) is 24.3 Å². The summed E-state index contributed by atoms with van der Waals surface area (Å²) in [5.74, 6) is -2.55. The van der Waals surface area contributed by atoms with Gasteiger partial charge >= 0.3 is 5.97 Å². The Bertz CT molecular complexity index is 801. The van der Waals surface area contributed by atoms with Crippen LogP contribution in [0.5, 0.6) is 0 Å². The number of H-pyrrole nitrogens is 1. The summed E-state index contributed by atoms with van der Waals surface area (Å²) in [5.41, 5.74) is 7.25. The molecule has 0 aliphatic heterocycles. The van der Waals surface area contributed by atoms with Gasteiger partial charge in [-0.05, 0) is 18.6 Å². The number of rotatable bonds is 8. The molecule has 1 aromatic carbocycles. The first-order chi connectivity index (χ1) is 12.3. The van der Waals surface area contributed by atoms with Gasteiger partial charge in [0.05, 0.1) is 6.10 Å². The lowest BCUT2D eigenvalue weighted by Gasteiger charge is -2.21. The molecule has 7 N–H and O–H groups in total. The van der Waals surface area contributed by atoms with Gasteiger partial charge in [0, 0.05) is 23.5 Å². The van der Waals surface area contributed by atoms with Crippen LogP contribution < -0.4 is 16.4 Å². The van der Waals surface area contributed by atoms with Crippen LogP contribution in [0.25, 0.3) is 10.9 Å². The molecule has 0 aliphatic rings. The predicted octanol–water partition coefficient (Wildman–Crippen LogP) is -0.896. The third kappa shape index (κ3) is 4.80. The van der Waals surface area contributed by atoms with Gasteiger partial charge in [0.15, 0.2) is 0 Å². The van der Waals surface area contributed by atoms with Crippen LogP contribution in [-0.2, 0) is 20.8 Å². The number of carboxylic acid groups (broad SMARTS) is 1. The highest BCUT2D eigenvalue weighted by molar-refractivity contribution is 5.92. The van der Waals surface area contributed by atoms with Gasteiger partial charge in [-0.1, -0.05) is 18.2 Å². The molecule has 1 heterocycles. The van der Waals surface area contributed by atoms with Crippen molar-refractivity contribution in [3.63, 3.8) is 0 Å². The maximum absolute atomic E-state index is 12.3. The first-order valence-electron chi connectivity index (χ1n) is 8.08. The lowest BCUT2D eigenvalue weighted by molar-refractivity contribution is -0.138. The van der Waals surface area contributed by atoms with Crippen LogP contribution in [0.1, 0.15) is 12.5 Å². The molecule has 9 heteroatoms. The fraction of sp³-hybridized carbons (Fsp3) is 0.353. The van der Waals surface area contributed by atoms with Gasteiger partial charge in [-0.15, -0.1) is 0 Å². The molecular formula is C17H22N4O5. The zero-order chi connectivity index (χ0) is 19.3. The summed E-state index contributed by atoms with van der Waals surface area (Å²) in [4.78, 5) is 38.2. The third-order valence-corrected chi connectivity index (χ3v) is 3.97. The Kier molecular flexibility index (Phi) is 6.31. The molecule has 2 rings (SSSR count). The van der Waals surface area contributed by atoms with Crippen molar-refractivity contribution < 1.29 is 24.6 Å². The number of fused-ring (bicyclic) bond motifs is 1. The van der Waals surface area contributed by atoms with Crippen LogP contribution in [0.2, 0.25) is 0 Å². The number of benzene rings is 1. The summed E-state index contributed by atoms with van der Waals surface area (Å²) in [6.07, 6.45) is 0.766. The lowest BCUT2D eigenvalue weighted by atomic mass is 10.0. The lowest BCUT2D eigenvalue weighted by Crippen LogP contribution is -2.55. The minimum absolute atomic E-state index is 0.133. The first kappa shape index (κ1) is 19.4. The minimum atomic E-state index is -1.20. The fourth-order valence-electron chi connectivity index (χ4n) is 2.50. The van der Waals surface area contributed by atoms with Crippen LogP contribution >= 0.6 is 0 Å². The number of aromatic amines is 1. The van der Waals surface area contributed by atoms with E-state index < -0.39 is 42.5 Å². The molecule has 1 aromatic heterocycles. The molecule has 2 amide bonds. The molecule has 3 unspecified atom stereocenters. The quantitative estimate of drug-likeness (QED) is 0.357. The third-order valence-electron chi connectivity index (χ3n) is 3.97. The minimum Gasteiger partial charge on any atom is -0.480 e. The topological polar surface area (TPSA) is 158 Å². The monoisotopic (exact) mass is 362 g/mol. The van der Waals surface area contributed by atoms with Gasteiger partial charge in [-0.2, -0.15) is 0 Å². The van der Waals surface area contributed by atoms with E-state index in [9.17, 15) is 19.5 Å². The average molecular weight is 362 g/mol. The molecule has 0 bridgehead atoms. The Balaban J connectivity index is 2.20. The SMILES string of the molecule is CC(O)C(N)C(=O)NC(Cc1c[nH]c2ccccc12)C(=O)NCC(=O)O. The zero-order valence-corrected chi connectivity index (χ0v) is 14.2. The Labute approximate surface area is 149 Å². The number of nitrogens with two attached hydrogens (primary N) is 1. The molecule has 9 nitrogen and oxygen atoms in total. The summed E-state index contributed by atoms with van der Waals surface area (Å²) >= 11 is 0. The second-order valence-electron chi connectivity index (χ2n) is 6.00. The number of carbonyl (C=O) groups excluding carboxylic acids is 2. The highest BCUT2D eigenvalue weighted by Crippen LogP contribution is 2.19. The van der Waals surface area contributed by atoms with Crippen LogP contribution in [0, 0.1) is 0 Å². The fourth-order valence-corrected chi connectivity index (χ4v) is 2.50. The second-order valence-corrected chi connectivity index (χ2v) is 6.00. The Hall–Kier alpha value is -2.91. The number of para-hydroxylation sites is 1. The standard InChI is InChI=1S/C17H22N4O5/c1-9(22)15(18)17(26)21-13(16(25)20-8-14(23)24)6-10-7-19-12-5-3-2-4-11(10)12/h2-5,7,9,13,15,19,22H,6,8,18H2,1H3,(H,20,25)(H,21,26)(H,23,24). The molecule has 26 heavy (non-hydrogen) atoms. The maximum Gasteiger partial charge on any atom is 0.322 e. The summed E-state index contributed by atoms with van der Waals surface area (Å²) < 4.78 is 0. The van der Waals surface area contributed by atoms with Crippen molar-refractivity contribution in [3.8, 4) is 0 Å². The van der Waals surface area contributed by atoms with Crippen molar-refractivity contribution >= 4 is 28.7 Å². The Morgan fingerprint density at radius 2 is 1.92 bits per heavy atom. The van der Waals surface area contributed by atoms with Crippen LogP contribution in [0.15, 0.2) is 30.5 Å². The number of aliphatic hydroxyl groups excluding tert-OH is 1. The molecule has 3 atom stereocenters. The number of aromatic nitrogens is 1. The van der Waals surface area contributed by atoms with E-state index >= 15 is 0 Å². The number of aliphatic hydroxyl groups is 1. The van der Waals surface area contributed by atoms with Gasteiger partial charge in [0.1, 0.15) is 18.6 Å². The molecule has 0 radical (unpaired) electrons. The van der Waals surface area contributed by atoms with E-state index in [-0.39, 0.29) is 6.42 Å². The molecule has 2 aromatic rings. The van der Waals surface area contributed by atoms with E-state index in [1.54, 1.807) is 6.20 Å². The number of nitrogens with one attached hydrogen (secondary N) is 3. The predicted molar refractivity (Wildman–Crippen MR) is 94.2 cm³/mol. The number of amides is 2. The summed E-state index contributed by atoms with van der Waals surface area (Å²) in [7, 11) is 0. The molecule has 0 saturated carbocycles. The first-order valence-corrected chi connectivity index (χ1v) is 8.08. The average Bonchev–Trinajstić information content (AvgIpc) is 3.01. The highest BCUT2D eigenvalue weighted by atomic mass is 16.4. The van der Waals surface area contributed by atoms with Gasteiger partial charge in [0.25, 0.3) is 0 Å². The highest BCUT2D eigenvalue weighted by Gasteiger charge is 2.27. The van der Waals surface area contributed by atoms with Crippen LogP contribution in [0.4, 0.5) is 0 Å². The maximum atomic E-state index is 12.3. The molecule has 0 saturated heterocycles. The van der Waals surface area contributed by atoms with Crippen LogP contribution in [0.3, 0.4) is 0 Å². The van der Waals surface area contributed by atoms with Crippen molar-refractivity contribution in [2.75, 3.05) is 6.54 Å². The van der Waals surface area contributed by atoms with E-state index in [4.69, 9.17) is 10.8 Å². The molecule has 0 spiro atoms. The molecule has 0 aliphatic carbocycles. The van der Waals surface area contributed by atoms with Crippen molar-refractivity contribution in [3.05, 3.63) is 36.0 Å². The largest absolute Gasteiger partial charge is 0.480 e. The second kappa shape index (κ2) is 8.45. The van der Waals surface area contributed by atoms with E-state index in [0.29, 0.717) is 0 Å². The van der Waals surface area contributed by atoms with Gasteiger partial charge in [0.2, 0.25) is 11.8 Å². The normalized spacial score (nSPS) is 14.4. The Morgan fingerprint density at radius 3 is 2.58 bits per heavy atom. The number of hydrogen-bond donors (Lipinski definition) is 6. The molecule has 140 valence electrons. The van der Waals surface area contributed by atoms with Crippen molar-refractivity contribution in [1.29, 1.82) is 0 Å². The van der Waals surface area contributed by atoms with E-state index in [2.05, 4.69) is 15.6 Å². The summed E-state index contributed by atoms with van der Waals surface area (Å²) in [6.45, 7) is 0.797. The van der Waals surface area contributed by atoms with Gasteiger partial charge in [-0.25, -0.2) is 0 Å². The van der Waals surface area contributed by atoms with E-state index in [0.717, 1.165) is 16.5 Å². The van der Waals surface area contributed by atoms with Gasteiger partial charge in [-0.3, -0.25) is 14.4 Å². The van der Waals surface area contributed by atoms with Gasteiger partial charge < -0.3 is 31.6 Å². The number of carboxylic acids is 1. The molecular weight excluding hydrogens is 340 g/mol. The number of hydrogen-bond acceptors (Lipinski definition) is 5. The van der Waals surface area contributed by atoms with Crippen molar-refractivity contribution in [2.45, 2.75) is 31.5 Å². The number of carbonyl (C=O) groups is 3. The summed E-state index contributed by atoms with van der Waals surface area (Å²) in [5, 5.41) is 23.8. The van der Waals surface area contributed by atoms with Crippen LogP contribution in [-0.4, -0.2) is 57.7 Å². The Morgan fingerprint density at radius 1 is 1.23 bits per heavy atom. The zero-order valence-electron chi connectivity index (χ0n) is 14.2. The molecule has 0 fully saturated rings. The number of aliphatic carboxylic acids is 1.